The standard InChI is InChI=1S/C11H14BrNO2S/c1-15-10(14)11(2-3-11)7-13-5-9-4-8(12)6-16-9/h4,6,13H,2-3,5,7H2,1H3. The number of hydrogen-bond donors (Lipinski definition) is 1. The molecule has 16 heavy (non-hydrogen) atoms. The monoisotopic (exact) mass is 303 g/mol. The number of methoxy groups -OCH3 is 1. The summed E-state index contributed by atoms with van der Waals surface area (Å²) in [4.78, 5) is 12.7. The molecule has 0 spiro atoms. The van der Waals surface area contributed by atoms with E-state index in [9.17, 15) is 4.79 Å². The smallest absolute Gasteiger partial charge is 0.313 e. The number of esters is 1. The minimum atomic E-state index is -0.233. The van der Waals surface area contributed by atoms with E-state index in [2.05, 4.69) is 32.7 Å². The highest BCUT2D eigenvalue weighted by Crippen LogP contribution is 2.46. The molecule has 1 fully saturated rings. The van der Waals surface area contributed by atoms with Gasteiger partial charge in [-0.25, -0.2) is 0 Å². The van der Waals surface area contributed by atoms with Crippen molar-refractivity contribution in [2.45, 2.75) is 19.4 Å². The Kier molecular flexibility index (Phi) is 3.66. The average Bonchev–Trinajstić information content (AvgIpc) is 2.95. The number of carbonyl (C=O) groups excluding carboxylic acids is 1. The van der Waals surface area contributed by atoms with Crippen LogP contribution in [0.25, 0.3) is 0 Å². The Morgan fingerprint density at radius 2 is 2.44 bits per heavy atom. The summed E-state index contributed by atoms with van der Waals surface area (Å²) in [5, 5.41) is 5.38. The van der Waals surface area contributed by atoms with Gasteiger partial charge in [0.1, 0.15) is 0 Å². The minimum Gasteiger partial charge on any atom is -0.469 e. The van der Waals surface area contributed by atoms with Crippen LogP contribution < -0.4 is 5.32 Å². The molecule has 1 aliphatic rings. The highest BCUT2D eigenvalue weighted by atomic mass is 79.9. The lowest BCUT2D eigenvalue weighted by atomic mass is 10.1. The lowest BCUT2D eigenvalue weighted by Gasteiger charge is -2.12. The van der Waals surface area contributed by atoms with Gasteiger partial charge in [-0.1, -0.05) is 0 Å². The molecule has 1 aromatic rings. The Hall–Kier alpha value is -0.390. The Balaban J connectivity index is 1.78. The van der Waals surface area contributed by atoms with Crippen molar-refractivity contribution in [3.8, 4) is 0 Å². The molecular formula is C11H14BrNO2S. The van der Waals surface area contributed by atoms with Gasteiger partial charge in [0.2, 0.25) is 0 Å². The molecule has 0 aromatic carbocycles. The molecule has 0 radical (unpaired) electrons. The van der Waals surface area contributed by atoms with Gasteiger partial charge in [0.15, 0.2) is 0 Å². The third-order valence-electron chi connectivity index (χ3n) is 2.86. The molecule has 0 saturated heterocycles. The molecule has 1 aromatic heterocycles. The van der Waals surface area contributed by atoms with Crippen molar-refractivity contribution >= 4 is 33.2 Å². The van der Waals surface area contributed by atoms with E-state index in [1.807, 2.05) is 0 Å². The lowest BCUT2D eigenvalue weighted by Crippen LogP contribution is -2.30. The zero-order valence-corrected chi connectivity index (χ0v) is 11.5. The van der Waals surface area contributed by atoms with Gasteiger partial charge in [0, 0.05) is 27.8 Å². The number of nitrogens with one attached hydrogen (secondary N) is 1. The zero-order valence-electron chi connectivity index (χ0n) is 9.09. The van der Waals surface area contributed by atoms with E-state index in [-0.39, 0.29) is 11.4 Å². The maximum atomic E-state index is 11.5. The summed E-state index contributed by atoms with van der Waals surface area (Å²) >= 11 is 5.13. The van der Waals surface area contributed by atoms with Crippen LogP contribution in [0.2, 0.25) is 0 Å². The predicted molar refractivity (Wildman–Crippen MR) is 67.4 cm³/mol. The number of hydrogen-bond acceptors (Lipinski definition) is 4. The average molecular weight is 304 g/mol. The van der Waals surface area contributed by atoms with Gasteiger partial charge in [-0.15, -0.1) is 11.3 Å². The van der Waals surface area contributed by atoms with E-state index in [0.29, 0.717) is 0 Å². The predicted octanol–water partition coefficient (Wildman–Crippen LogP) is 2.55. The van der Waals surface area contributed by atoms with Crippen LogP contribution >= 0.6 is 27.3 Å². The molecule has 5 heteroatoms. The van der Waals surface area contributed by atoms with E-state index in [1.165, 1.54) is 12.0 Å². The molecular weight excluding hydrogens is 290 g/mol. The summed E-state index contributed by atoms with van der Waals surface area (Å²) in [7, 11) is 1.46. The highest BCUT2D eigenvalue weighted by Gasteiger charge is 2.50. The van der Waals surface area contributed by atoms with Gasteiger partial charge in [-0.3, -0.25) is 4.79 Å². The Morgan fingerprint density at radius 1 is 1.69 bits per heavy atom. The fraction of sp³-hybridized carbons (Fsp3) is 0.545. The topological polar surface area (TPSA) is 38.3 Å². The molecule has 0 unspecified atom stereocenters. The van der Waals surface area contributed by atoms with E-state index < -0.39 is 0 Å². The second-order valence-corrected chi connectivity index (χ2v) is 6.02. The highest BCUT2D eigenvalue weighted by molar-refractivity contribution is 9.10. The van der Waals surface area contributed by atoms with Crippen molar-refractivity contribution in [3.63, 3.8) is 0 Å². The van der Waals surface area contributed by atoms with Gasteiger partial charge in [0.25, 0.3) is 0 Å². The Bertz CT molecular complexity index is 387. The van der Waals surface area contributed by atoms with Crippen molar-refractivity contribution in [3.05, 3.63) is 20.8 Å². The van der Waals surface area contributed by atoms with Crippen LogP contribution in [0, 0.1) is 5.41 Å². The van der Waals surface area contributed by atoms with E-state index in [1.54, 1.807) is 11.3 Å². The summed E-state index contributed by atoms with van der Waals surface area (Å²) in [6.07, 6.45) is 1.89. The fourth-order valence-corrected chi connectivity index (χ4v) is 3.11. The van der Waals surface area contributed by atoms with Crippen molar-refractivity contribution in [1.82, 2.24) is 5.32 Å². The Morgan fingerprint density at radius 3 is 2.94 bits per heavy atom. The SMILES string of the molecule is COC(=O)C1(CNCc2cc(Br)cs2)CC1. The molecule has 2 rings (SSSR count). The van der Waals surface area contributed by atoms with Crippen molar-refractivity contribution in [2.24, 2.45) is 5.41 Å². The molecule has 1 aliphatic carbocycles. The van der Waals surface area contributed by atoms with Crippen molar-refractivity contribution in [2.75, 3.05) is 13.7 Å². The van der Waals surface area contributed by atoms with Gasteiger partial charge < -0.3 is 10.1 Å². The van der Waals surface area contributed by atoms with Gasteiger partial charge >= 0.3 is 5.97 Å². The van der Waals surface area contributed by atoms with E-state index >= 15 is 0 Å². The molecule has 0 amide bonds. The maximum Gasteiger partial charge on any atom is 0.313 e. The molecule has 1 heterocycles. The molecule has 0 bridgehead atoms. The second kappa shape index (κ2) is 4.85. The van der Waals surface area contributed by atoms with E-state index in [0.717, 1.165) is 30.4 Å². The quantitative estimate of drug-likeness (QED) is 0.850. The van der Waals surface area contributed by atoms with Crippen molar-refractivity contribution < 1.29 is 9.53 Å². The molecule has 88 valence electrons. The number of carbonyl (C=O) groups is 1. The first-order valence-corrected chi connectivity index (χ1v) is 6.86. The number of halogens is 1. The van der Waals surface area contributed by atoms with Crippen LogP contribution in [0.1, 0.15) is 17.7 Å². The van der Waals surface area contributed by atoms with Crippen LogP contribution in [0.15, 0.2) is 15.9 Å². The van der Waals surface area contributed by atoms with Crippen molar-refractivity contribution in [1.29, 1.82) is 0 Å². The lowest BCUT2D eigenvalue weighted by molar-refractivity contribution is -0.146. The summed E-state index contributed by atoms with van der Waals surface area (Å²) in [5.41, 5.74) is -0.233. The number of ether oxygens (including phenoxy) is 1. The first kappa shape index (κ1) is 12.1. The molecule has 3 nitrogen and oxygen atoms in total. The number of thiophene rings is 1. The van der Waals surface area contributed by atoms with Gasteiger partial charge in [-0.2, -0.15) is 0 Å². The summed E-state index contributed by atoms with van der Waals surface area (Å²) in [5.74, 6) is -0.0765. The fourth-order valence-electron chi connectivity index (χ4n) is 1.69. The Labute approximate surface area is 107 Å². The molecule has 1 saturated carbocycles. The molecule has 0 atom stereocenters. The van der Waals surface area contributed by atoms with Crippen LogP contribution in [0.3, 0.4) is 0 Å². The summed E-state index contributed by atoms with van der Waals surface area (Å²) in [6.45, 7) is 1.53. The molecule has 1 N–H and O–H groups in total. The zero-order chi connectivity index (χ0) is 11.6. The van der Waals surface area contributed by atoms with Crippen LogP contribution in [0.4, 0.5) is 0 Å². The first-order chi connectivity index (χ1) is 7.66. The van der Waals surface area contributed by atoms with Crippen LogP contribution in [0.5, 0.6) is 0 Å². The van der Waals surface area contributed by atoms with Gasteiger partial charge in [0.05, 0.1) is 12.5 Å². The second-order valence-electron chi connectivity index (χ2n) is 4.11. The minimum absolute atomic E-state index is 0.0765. The van der Waals surface area contributed by atoms with Gasteiger partial charge in [-0.05, 0) is 34.8 Å². The first-order valence-electron chi connectivity index (χ1n) is 5.18. The van der Waals surface area contributed by atoms with E-state index in [4.69, 9.17) is 4.74 Å². The van der Waals surface area contributed by atoms with Crippen LogP contribution in [-0.4, -0.2) is 19.6 Å². The summed E-state index contributed by atoms with van der Waals surface area (Å²) < 4.78 is 5.91. The van der Waals surface area contributed by atoms with Crippen LogP contribution in [-0.2, 0) is 16.1 Å². The third kappa shape index (κ3) is 2.64. The number of rotatable bonds is 5. The summed E-state index contributed by atoms with van der Waals surface area (Å²) in [6, 6.07) is 2.09. The maximum absolute atomic E-state index is 11.5. The molecule has 0 aliphatic heterocycles. The normalized spacial score (nSPS) is 17.1. The largest absolute Gasteiger partial charge is 0.469 e. The third-order valence-corrected chi connectivity index (χ3v) is 4.55.